The molecule has 0 spiro atoms. The molecule has 0 unspecified atom stereocenters. The minimum Gasteiger partial charge on any atom is -0.508 e. The van der Waals surface area contributed by atoms with Crippen LogP contribution in [0.25, 0.3) is 12.2 Å². The van der Waals surface area contributed by atoms with E-state index in [1.165, 1.54) is 17.1 Å². The summed E-state index contributed by atoms with van der Waals surface area (Å²) in [7, 11) is 0. The Balaban J connectivity index is 1.36. The Labute approximate surface area is 168 Å². The maximum absolute atomic E-state index is 12.1. The molecule has 0 saturated carbocycles. The first-order chi connectivity index (χ1) is 14.0. The molecule has 0 saturated heterocycles. The summed E-state index contributed by atoms with van der Waals surface area (Å²) in [6.07, 6.45) is 8.35. The molecule has 3 amide bonds. The lowest BCUT2D eigenvalue weighted by Gasteiger charge is -2.13. The molecule has 2 aromatic rings. The van der Waals surface area contributed by atoms with Crippen molar-refractivity contribution in [3.8, 4) is 5.75 Å². The van der Waals surface area contributed by atoms with Crippen molar-refractivity contribution in [2.45, 2.75) is 19.3 Å². The third kappa shape index (κ3) is 5.68. The number of nitrogens with one attached hydrogen (secondary N) is 1. The summed E-state index contributed by atoms with van der Waals surface area (Å²) in [6, 6.07) is 10.1. The standard InChI is InChI=1S/C22H22N2O5/c25-17-7-4-16(5-8-17)6-9-18-10-11-19(29-18)22(28)23-14-2-1-3-15-24-20(26)12-13-21(24)27/h4-13,25H,1-3,14-15H2,(H,23,28)/b9-6+. The second-order valence-corrected chi connectivity index (χ2v) is 6.60. The molecule has 0 bridgehead atoms. The van der Waals surface area contributed by atoms with Crippen molar-refractivity contribution in [1.29, 1.82) is 0 Å². The van der Waals surface area contributed by atoms with Crippen LogP contribution in [0.4, 0.5) is 0 Å². The van der Waals surface area contributed by atoms with E-state index in [0.29, 0.717) is 25.3 Å². The van der Waals surface area contributed by atoms with Gasteiger partial charge in [-0.25, -0.2) is 0 Å². The van der Waals surface area contributed by atoms with Gasteiger partial charge in [0.05, 0.1) is 0 Å². The molecular weight excluding hydrogens is 372 g/mol. The molecule has 7 nitrogen and oxygen atoms in total. The van der Waals surface area contributed by atoms with Gasteiger partial charge in [-0.05, 0) is 55.2 Å². The fourth-order valence-electron chi connectivity index (χ4n) is 2.84. The number of carbonyl (C=O) groups is 3. The van der Waals surface area contributed by atoms with Crippen molar-refractivity contribution in [1.82, 2.24) is 10.2 Å². The lowest BCUT2D eigenvalue weighted by Crippen LogP contribution is -2.31. The Morgan fingerprint density at radius 1 is 0.966 bits per heavy atom. The number of hydrogen-bond donors (Lipinski definition) is 2. The van der Waals surface area contributed by atoms with Gasteiger partial charge in [0.1, 0.15) is 11.5 Å². The quantitative estimate of drug-likeness (QED) is 0.503. The molecule has 29 heavy (non-hydrogen) atoms. The van der Waals surface area contributed by atoms with Crippen molar-refractivity contribution >= 4 is 29.9 Å². The summed E-state index contributed by atoms with van der Waals surface area (Å²) < 4.78 is 5.52. The van der Waals surface area contributed by atoms with Crippen LogP contribution in [-0.4, -0.2) is 40.8 Å². The van der Waals surface area contributed by atoms with Gasteiger partial charge in [-0.2, -0.15) is 0 Å². The molecule has 3 rings (SSSR count). The molecule has 0 aliphatic carbocycles. The number of phenolic OH excluding ortho intramolecular Hbond substituents is 1. The second kappa shape index (κ2) is 9.54. The Morgan fingerprint density at radius 3 is 2.41 bits per heavy atom. The number of carbonyl (C=O) groups excluding carboxylic acids is 3. The van der Waals surface area contributed by atoms with Crippen molar-refractivity contribution < 1.29 is 23.9 Å². The molecular formula is C22H22N2O5. The second-order valence-electron chi connectivity index (χ2n) is 6.60. The van der Waals surface area contributed by atoms with Gasteiger partial charge >= 0.3 is 0 Å². The zero-order valence-corrected chi connectivity index (χ0v) is 15.8. The van der Waals surface area contributed by atoms with Gasteiger partial charge in [-0.3, -0.25) is 19.3 Å². The van der Waals surface area contributed by atoms with E-state index in [1.807, 2.05) is 6.08 Å². The summed E-state index contributed by atoms with van der Waals surface area (Å²) in [5.74, 6) is 0.164. The number of unbranched alkanes of at least 4 members (excludes halogenated alkanes) is 2. The molecule has 1 aromatic carbocycles. The summed E-state index contributed by atoms with van der Waals surface area (Å²) in [5, 5.41) is 12.1. The zero-order chi connectivity index (χ0) is 20.6. The van der Waals surface area contributed by atoms with Crippen LogP contribution in [0.15, 0.2) is 53.0 Å². The minimum absolute atomic E-state index is 0.203. The fourth-order valence-corrected chi connectivity index (χ4v) is 2.84. The average Bonchev–Trinajstić information content (AvgIpc) is 3.31. The van der Waals surface area contributed by atoms with Gasteiger partial charge < -0.3 is 14.8 Å². The van der Waals surface area contributed by atoms with Crippen LogP contribution < -0.4 is 5.32 Å². The highest BCUT2D eigenvalue weighted by Gasteiger charge is 2.22. The molecule has 7 heteroatoms. The SMILES string of the molecule is O=C(NCCCCCN1C(=O)C=CC1=O)c1ccc(/C=C/c2ccc(O)cc2)o1. The largest absolute Gasteiger partial charge is 0.508 e. The fraction of sp³-hybridized carbons (Fsp3) is 0.227. The van der Waals surface area contributed by atoms with Crippen molar-refractivity contribution in [2.75, 3.05) is 13.1 Å². The Kier molecular flexibility index (Phi) is 6.63. The number of imide groups is 1. The van der Waals surface area contributed by atoms with Crippen LogP contribution >= 0.6 is 0 Å². The molecule has 1 aromatic heterocycles. The lowest BCUT2D eigenvalue weighted by molar-refractivity contribution is -0.136. The predicted molar refractivity (Wildman–Crippen MR) is 108 cm³/mol. The maximum atomic E-state index is 12.1. The van der Waals surface area contributed by atoms with Crippen LogP contribution in [-0.2, 0) is 9.59 Å². The zero-order valence-electron chi connectivity index (χ0n) is 15.8. The topological polar surface area (TPSA) is 99.9 Å². The molecule has 0 atom stereocenters. The number of amides is 3. The average molecular weight is 394 g/mol. The van der Waals surface area contributed by atoms with Crippen LogP contribution in [0, 0.1) is 0 Å². The van der Waals surface area contributed by atoms with E-state index in [1.54, 1.807) is 42.5 Å². The third-order valence-corrected chi connectivity index (χ3v) is 4.43. The van der Waals surface area contributed by atoms with Gasteiger partial charge in [-0.15, -0.1) is 0 Å². The van der Waals surface area contributed by atoms with E-state index < -0.39 is 0 Å². The molecule has 0 fully saturated rings. The molecule has 1 aliphatic heterocycles. The highest BCUT2D eigenvalue weighted by Crippen LogP contribution is 2.15. The van der Waals surface area contributed by atoms with Crippen LogP contribution in [0.1, 0.15) is 41.1 Å². The summed E-state index contributed by atoms with van der Waals surface area (Å²) >= 11 is 0. The van der Waals surface area contributed by atoms with Gasteiger partial charge in [0, 0.05) is 25.2 Å². The van der Waals surface area contributed by atoms with Crippen molar-refractivity contribution in [2.24, 2.45) is 0 Å². The first-order valence-electron chi connectivity index (χ1n) is 9.41. The summed E-state index contributed by atoms with van der Waals surface area (Å²) in [6.45, 7) is 0.881. The highest BCUT2D eigenvalue weighted by atomic mass is 16.3. The normalized spacial score (nSPS) is 13.6. The van der Waals surface area contributed by atoms with Crippen LogP contribution in [0.2, 0.25) is 0 Å². The molecule has 2 heterocycles. The molecule has 1 aliphatic rings. The molecule has 0 radical (unpaired) electrons. The number of hydrogen-bond acceptors (Lipinski definition) is 5. The summed E-state index contributed by atoms with van der Waals surface area (Å²) in [4.78, 5) is 36.2. The van der Waals surface area contributed by atoms with Gasteiger partial charge in [0.2, 0.25) is 0 Å². The molecule has 2 N–H and O–H groups in total. The van der Waals surface area contributed by atoms with E-state index in [4.69, 9.17) is 4.42 Å². The van der Waals surface area contributed by atoms with Crippen LogP contribution in [0.5, 0.6) is 5.75 Å². The van der Waals surface area contributed by atoms with E-state index in [-0.39, 0.29) is 29.2 Å². The van der Waals surface area contributed by atoms with E-state index >= 15 is 0 Å². The van der Waals surface area contributed by atoms with E-state index in [9.17, 15) is 19.5 Å². The lowest BCUT2D eigenvalue weighted by atomic mass is 10.2. The first-order valence-corrected chi connectivity index (χ1v) is 9.41. The first kappa shape index (κ1) is 20.1. The molecule has 150 valence electrons. The summed E-state index contributed by atoms with van der Waals surface area (Å²) in [5.41, 5.74) is 0.901. The monoisotopic (exact) mass is 394 g/mol. The third-order valence-electron chi connectivity index (χ3n) is 4.43. The number of benzene rings is 1. The Bertz CT molecular complexity index is 922. The van der Waals surface area contributed by atoms with Crippen LogP contribution in [0.3, 0.4) is 0 Å². The van der Waals surface area contributed by atoms with Gasteiger partial charge in [0.15, 0.2) is 5.76 Å². The number of furan rings is 1. The Hall–Kier alpha value is -3.61. The predicted octanol–water partition coefficient (Wildman–Crippen LogP) is 2.98. The van der Waals surface area contributed by atoms with E-state index in [2.05, 4.69) is 5.32 Å². The highest BCUT2D eigenvalue weighted by molar-refractivity contribution is 6.12. The number of phenols is 1. The smallest absolute Gasteiger partial charge is 0.287 e. The van der Waals surface area contributed by atoms with Gasteiger partial charge in [-0.1, -0.05) is 18.2 Å². The van der Waals surface area contributed by atoms with Gasteiger partial charge in [0.25, 0.3) is 17.7 Å². The number of aromatic hydroxyl groups is 1. The number of nitrogens with zero attached hydrogens (tertiary/aromatic N) is 1. The maximum Gasteiger partial charge on any atom is 0.287 e. The minimum atomic E-state index is -0.289. The Morgan fingerprint density at radius 2 is 1.69 bits per heavy atom. The van der Waals surface area contributed by atoms with Crippen molar-refractivity contribution in [3.05, 3.63) is 65.6 Å². The van der Waals surface area contributed by atoms with Crippen molar-refractivity contribution in [3.63, 3.8) is 0 Å². The van der Waals surface area contributed by atoms with E-state index in [0.717, 1.165) is 18.4 Å². The number of rotatable bonds is 9.